The Bertz CT molecular complexity index is 1660. The van der Waals surface area contributed by atoms with Gasteiger partial charge in [-0.25, -0.2) is 13.1 Å². The maximum absolute atomic E-state index is 13.7. The van der Waals surface area contributed by atoms with E-state index < -0.39 is 15.6 Å². The molecule has 2 amide bonds. The first-order valence-electron chi connectivity index (χ1n) is 14.4. The minimum absolute atomic E-state index is 0.0417. The van der Waals surface area contributed by atoms with Crippen LogP contribution in [0.25, 0.3) is 0 Å². The molecule has 0 aromatic heterocycles. The maximum atomic E-state index is 13.7. The van der Waals surface area contributed by atoms with Gasteiger partial charge in [-0.3, -0.25) is 9.59 Å². The van der Waals surface area contributed by atoms with Gasteiger partial charge in [0.15, 0.2) is 0 Å². The van der Waals surface area contributed by atoms with Gasteiger partial charge in [0.05, 0.1) is 11.3 Å². The molecule has 0 radical (unpaired) electrons. The Labute approximate surface area is 279 Å². The van der Waals surface area contributed by atoms with E-state index in [4.69, 9.17) is 39.5 Å². The Morgan fingerprint density at radius 1 is 1.00 bits per heavy atom. The van der Waals surface area contributed by atoms with Crippen molar-refractivity contribution in [1.29, 1.82) is 0 Å². The topological polar surface area (TPSA) is 117 Å². The number of nitrogens with one attached hydrogen (secondary N) is 3. The van der Waals surface area contributed by atoms with E-state index in [2.05, 4.69) is 15.4 Å². The zero-order chi connectivity index (χ0) is 33.0. The number of anilines is 2. The zero-order valence-corrected chi connectivity index (χ0v) is 28.6. The number of halogens is 3. The van der Waals surface area contributed by atoms with Crippen molar-refractivity contribution in [2.24, 2.45) is 0 Å². The van der Waals surface area contributed by atoms with Gasteiger partial charge in [0.25, 0.3) is 5.91 Å². The summed E-state index contributed by atoms with van der Waals surface area (Å²) in [6, 6.07) is 16.3. The number of piperidine rings is 1. The second-order valence-electron chi connectivity index (χ2n) is 12.0. The van der Waals surface area contributed by atoms with Crippen LogP contribution >= 0.6 is 34.8 Å². The minimum Gasteiger partial charge on any atom is -0.379 e. The lowest BCUT2D eigenvalue weighted by molar-refractivity contribution is -0.120. The molecular weight excluding hydrogens is 659 g/mol. The van der Waals surface area contributed by atoms with Crippen LogP contribution in [0.15, 0.2) is 65.6 Å². The lowest BCUT2D eigenvalue weighted by Gasteiger charge is -2.32. The predicted octanol–water partition coefficient (Wildman–Crippen LogP) is 6.48. The molecule has 1 atom stereocenters. The summed E-state index contributed by atoms with van der Waals surface area (Å²) >= 11 is 18.8. The molecule has 0 bridgehead atoms. The van der Waals surface area contributed by atoms with Crippen LogP contribution < -0.4 is 15.4 Å². The third-order valence-corrected chi connectivity index (χ3v) is 9.91. The number of rotatable bonds is 8. The molecule has 2 heterocycles. The number of likely N-dealkylation sites (tertiary alicyclic amines) is 1. The van der Waals surface area contributed by atoms with Crippen LogP contribution in [0.5, 0.6) is 0 Å². The van der Waals surface area contributed by atoms with Crippen LogP contribution in [0.2, 0.25) is 15.1 Å². The zero-order valence-electron chi connectivity index (χ0n) is 25.5. The molecule has 1 unspecified atom stereocenters. The van der Waals surface area contributed by atoms with E-state index in [1.165, 1.54) is 18.2 Å². The lowest BCUT2D eigenvalue weighted by Crippen LogP contribution is -2.46. The molecule has 0 aliphatic carbocycles. The highest BCUT2D eigenvalue weighted by molar-refractivity contribution is 7.89. The normalized spacial score (nSPS) is 18.5. The van der Waals surface area contributed by atoms with E-state index in [0.717, 1.165) is 12.0 Å². The summed E-state index contributed by atoms with van der Waals surface area (Å²) < 4.78 is 34.9. The van der Waals surface area contributed by atoms with Crippen LogP contribution in [-0.2, 0) is 36.3 Å². The van der Waals surface area contributed by atoms with Crippen LogP contribution in [0.4, 0.5) is 11.4 Å². The van der Waals surface area contributed by atoms with Crippen LogP contribution in [-0.4, -0.2) is 57.5 Å². The molecule has 0 spiro atoms. The van der Waals surface area contributed by atoms with E-state index in [1.807, 2.05) is 26.8 Å². The predicted molar refractivity (Wildman–Crippen MR) is 180 cm³/mol. The fraction of sp³-hybridized carbons (Fsp3) is 0.375. The third-order valence-electron chi connectivity index (χ3n) is 7.63. The molecule has 3 aromatic carbocycles. The van der Waals surface area contributed by atoms with Gasteiger partial charge in [-0.05, 0) is 81.6 Å². The van der Waals surface area contributed by atoms with Gasteiger partial charge in [-0.15, -0.1) is 0 Å². The Balaban J connectivity index is 0.000000700. The van der Waals surface area contributed by atoms with E-state index >= 15 is 0 Å². The van der Waals surface area contributed by atoms with Crippen molar-refractivity contribution in [3.05, 3.63) is 86.9 Å². The van der Waals surface area contributed by atoms with Crippen molar-refractivity contribution in [2.75, 3.05) is 30.8 Å². The first kappa shape index (κ1) is 35.0. The monoisotopic (exact) mass is 694 g/mol. The number of sulfonamides is 1. The van der Waals surface area contributed by atoms with Gasteiger partial charge in [0.1, 0.15) is 10.4 Å². The molecule has 242 valence electrons. The Hall–Kier alpha value is -2.86. The summed E-state index contributed by atoms with van der Waals surface area (Å²) in [5.41, 5.74) is 0.706. The number of carbonyl (C=O) groups is 2. The number of ether oxygens (including phenoxy) is 1. The van der Waals surface area contributed by atoms with Gasteiger partial charge in [-0.1, -0.05) is 53.0 Å². The molecule has 5 rings (SSSR count). The quantitative estimate of drug-likeness (QED) is 0.233. The first-order valence-corrected chi connectivity index (χ1v) is 17.0. The highest BCUT2D eigenvalue weighted by Gasteiger charge is 2.48. The highest BCUT2D eigenvalue weighted by Crippen LogP contribution is 2.43. The maximum Gasteiger partial charge on any atom is 0.255 e. The van der Waals surface area contributed by atoms with Crippen molar-refractivity contribution < 1.29 is 22.7 Å². The summed E-state index contributed by atoms with van der Waals surface area (Å²) in [4.78, 5) is 26.3. The second kappa shape index (κ2) is 14.3. The first-order chi connectivity index (χ1) is 21.2. The molecular formula is C32H37Cl3N4O5S. The SMILES string of the molecule is COC(C)(C)C.O=CN1CCC(NS(=O)(=O)c2ccc(Cl)cc2NC2(Cc3cccc(Cl)c3)C(=O)Nc3cc(Cl)ccc32)CC1. The Morgan fingerprint density at radius 2 is 1.62 bits per heavy atom. The van der Waals surface area contributed by atoms with Gasteiger partial charge in [0.2, 0.25) is 16.4 Å². The molecule has 3 aromatic rings. The number of benzene rings is 3. The molecule has 2 aliphatic heterocycles. The molecule has 3 N–H and O–H groups in total. The number of nitrogens with zero attached hydrogens (tertiary/aromatic N) is 1. The largest absolute Gasteiger partial charge is 0.379 e. The lowest BCUT2D eigenvalue weighted by atomic mass is 9.84. The number of carbonyl (C=O) groups excluding carboxylic acids is 2. The molecule has 1 saturated heterocycles. The van der Waals surface area contributed by atoms with Crippen LogP contribution in [0.3, 0.4) is 0 Å². The van der Waals surface area contributed by atoms with Crippen molar-refractivity contribution in [3.8, 4) is 0 Å². The number of hydrogen-bond donors (Lipinski definition) is 3. The summed E-state index contributed by atoms with van der Waals surface area (Å²) in [5, 5.41) is 7.39. The average Bonchev–Trinajstić information content (AvgIpc) is 3.22. The Morgan fingerprint density at radius 3 is 2.24 bits per heavy atom. The fourth-order valence-corrected chi connectivity index (χ4v) is 7.12. The van der Waals surface area contributed by atoms with Crippen LogP contribution in [0.1, 0.15) is 44.7 Å². The standard InChI is InChI=1S/C27H25Cl3N4O4S.C5H12O/c28-18-3-1-2-17(12-18)15-27(22-6-4-19(29)13-23(22)31-26(27)36)32-24-14-20(30)5-7-25(24)39(37,38)33-21-8-10-34(16-35)11-9-21;1-5(2,3)6-4/h1-7,12-14,16,21,32-33H,8-11,15H2,(H,31,36);1-4H3. The summed E-state index contributed by atoms with van der Waals surface area (Å²) in [6.45, 7) is 6.99. The van der Waals surface area contributed by atoms with E-state index in [0.29, 0.717) is 52.2 Å². The summed E-state index contributed by atoms with van der Waals surface area (Å²) in [6.07, 6.45) is 1.91. The number of hydrogen-bond acceptors (Lipinski definition) is 6. The van der Waals surface area contributed by atoms with Gasteiger partial charge >= 0.3 is 0 Å². The van der Waals surface area contributed by atoms with Crippen molar-refractivity contribution in [2.45, 2.75) is 62.1 Å². The fourth-order valence-electron chi connectivity index (χ4n) is 5.11. The summed E-state index contributed by atoms with van der Waals surface area (Å²) in [5.74, 6) is -0.378. The van der Waals surface area contributed by atoms with Crippen molar-refractivity contribution in [1.82, 2.24) is 9.62 Å². The van der Waals surface area contributed by atoms with Gasteiger partial charge in [0, 0.05) is 59.0 Å². The van der Waals surface area contributed by atoms with Gasteiger partial charge < -0.3 is 20.3 Å². The van der Waals surface area contributed by atoms with Crippen molar-refractivity contribution >= 4 is 68.5 Å². The minimum atomic E-state index is -4.03. The molecule has 2 aliphatic rings. The number of fused-ring (bicyclic) bond motifs is 1. The van der Waals surface area contributed by atoms with E-state index in [1.54, 1.807) is 48.4 Å². The number of amides is 2. The van der Waals surface area contributed by atoms with Gasteiger partial charge in [-0.2, -0.15) is 0 Å². The number of methoxy groups -OCH3 is 1. The summed E-state index contributed by atoms with van der Waals surface area (Å²) in [7, 11) is -2.32. The van der Waals surface area contributed by atoms with Crippen molar-refractivity contribution in [3.63, 3.8) is 0 Å². The van der Waals surface area contributed by atoms with E-state index in [9.17, 15) is 18.0 Å². The highest BCUT2D eigenvalue weighted by atomic mass is 35.5. The Kier molecular flexibility index (Phi) is 11.1. The molecule has 45 heavy (non-hydrogen) atoms. The van der Waals surface area contributed by atoms with E-state index in [-0.39, 0.29) is 34.6 Å². The molecule has 0 saturated carbocycles. The average molecular weight is 696 g/mol. The molecule has 1 fully saturated rings. The molecule has 13 heteroatoms. The smallest absolute Gasteiger partial charge is 0.255 e. The van der Waals surface area contributed by atoms with Crippen LogP contribution in [0, 0.1) is 0 Å². The second-order valence-corrected chi connectivity index (χ2v) is 15.0. The molecule has 9 nitrogen and oxygen atoms in total. The third kappa shape index (κ3) is 8.69.